The normalized spacial score (nSPS) is 11.7. The van der Waals surface area contributed by atoms with Crippen LogP contribution in [0.25, 0.3) is 26.7 Å². The summed E-state index contributed by atoms with van der Waals surface area (Å²) in [6, 6.07) is 13.0. The second-order valence-corrected chi connectivity index (χ2v) is 10.3. The highest BCUT2D eigenvalue weighted by Gasteiger charge is 2.37. The van der Waals surface area contributed by atoms with Gasteiger partial charge in [0.2, 0.25) is 5.82 Å². The van der Waals surface area contributed by atoms with E-state index >= 15 is 0 Å². The average Bonchev–Trinajstić information content (AvgIpc) is 3.57. The van der Waals surface area contributed by atoms with Crippen LogP contribution in [0, 0.1) is 13.8 Å². The fourth-order valence-corrected chi connectivity index (χ4v) is 5.27. The summed E-state index contributed by atoms with van der Waals surface area (Å²) in [6.45, 7) is 3.58. The minimum Gasteiger partial charge on any atom is -0.382 e. The molecule has 0 radical (unpaired) electrons. The van der Waals surface area contributed by atoms with Crippen LogP contribution in [0.4, 0.5) is 36.3 Å². The second kappa shape index (κ2) is 9.86. The van der Waals surface area contributed by atoms with E-state index in [1.807, 2.05) is 19.1 Å². The number of nitrogen functional groups attached to an aromatic ring is 1. The van der Waals surface area contributed by atoms with Crippen LogP contribution >= 0.6 is 11.3 Å². The van der Waals surface area contributed by atoms with E-state index < -0.39 is 17.6 Å². The molecule has 206 valence electrons. The minimum absolute atomic E-state index is 0.0909. The Balaban J connectivity index is 1.43. The van der Waals surface area contributed by atoms with E-state index in [1.165, 1.54) is 46.6 Å². The lowest BCUT2D eigenvalue weighted by atomic mass is 10.1. The number of imidazole rings is 1. The molecule has 0 bridgehead atoms. The molecule has 6 aromatic rings. The first-order valence-corrected chi connectivity index (χ1v) is 13.2. The van der Waals surface area contributed by atoms with Gasteiger partial charge in [-0.1, -0.05) is 29.8 Å². The number of benzene rings is 2. The molecule has 2 aromatic carbocycles. The van der Waals surface area contributed by atoms with E-state index in [-0.39, 0.29) is 34.7 Å². The molecule has 4 N–H and O–H groups in total. The van der Waals surface area contributed by atoms with Crippen LogP contribution in [0.5, 0.6) is 0 Å². The lowest BCUT2D eigenvalue weighted by Gasteiger charge is -2.19. The van der Waals surface area contributed by atoms with Crippen molar-refractivity contribution in [3.8, 4) is 5.69 Å². The first-order valence-electron chi connectivity index (χ1n) is 12.3. The SMILES string of the molecule is Cc1ccc2c(NC(=O)c3nc(N)c4sccc4n3)nc(Nc3cccc(-n4cnc(C)c4)c3C(F)(F)F)cc2c1. The Morgan fingerprint density at radius 3 is 2.63 bits per heavy atom. The zero-order valence-electron chi connectivity index (χ0n) is 21.6. The van der Waals surface area contributed by atoms with Crippen LogP contribution in [0.2, 0.25) is 0 Å². The van der Waals surface area contributed by atoms with Crippen molar-refractivity contribution in [2.45, 2.75) is 20.0 Å². The fourth-order valence-electron chi connectivity index (χ4n) is 4.54. The molecular formula is C28H21F3N8OS. The molecule has 0 aliphatic carbocycles. The van der Waals surface area contributed by atoms with Gasteiger partial charge in [0.05, 0.1) is 33.6 Å². The van der Waals surface area contributed by atoms with Gasteiger partial charge in [-0.2, -0.15) is 13.2 Å². The highest BCUT2D eigenvalue weighted by Crippen LogP contribution is 2.40. The summed E-state index contributed by atoms with van der Waals surface area (Å²) in [5.74, 6) is -0.429. The monoisotopic (exact) mass is 574 g/mol. The number of nitrogens with one attached hydrogen (secondary N) is 2. The molecule has 0 unspecified atom stereocenters. The molecule has 4 aromatic heterocycles. The Kier molecular flexibility index (Phi) is 6.30. The number of nitrogens with zero attached hydrogens (tertiary/aromatic N) is 5. The Morgan fingerprint density at radius 1 is 1.05 bits per heavy atom. The van der Waals surface area contributed by atoms with Crippen molar-refractivity contribution in [2.24, 2.45) is 0 Å². The summed E-state index contributed by atoms with van der Waals surface area (Å²) in [7, 11) is 0. The summed E-state index contributed by atoms with van der Waals surface area (Å²) in [6.07, 6.45) is -1.85. The molecule has 41 heavy (non-hydrogen) atoms. The molecule has 0 atom stereocenters. The summed E-state index contributed by atoms with van der Waals surface area (Å²) in [5.41, 5.74) is 6.85. The van der Waals surface area contributed by atoms with Crippen molar-refractivity contribution in [3.05, 3.63) is 89.1 Å². The van der Waals surface area contributed by atoms with E-state index in [4.69, 9.17) is 5.73 Å². The standard InChI is InChI=1S/C28H21F3N8OS/c1-14-6-7-17-16(10-14)11-21(36-25(17)38-27(40)26-35-19-8-9-41-23(19)24(32)37-26)34-18-4-3-5-20(22(18)28(29,30)31)39-12-15(2)33-13-39/h3-13H,1-2H3,(H2,32,35,37)(H2,34,36,38,40). The summed E-state index contributed by atoms with van der Waals surface area (Å²) in [4.78, 5) is 30.1. The number of carbonyl (C=O) groups excluding carboxylic acids is 1. The maximum atomic E-state index is 14.4. The van der Waals surface area contributed by atoms with Gasteiger partial charge in [0.1, 0.15) is 23.0 Å². The van der Waals surface area contributed by atoms with Gasteiger partial charge < -0.3 is 20.9 Å². The number of halogens is 3. The van der Waals surface area contributed by atoms with Crippen LogP contribution in [0.15, 0.2) is 66.4 Å². The molecule has 1 amide bonds. The predicted octanol–water partition coefficient (Wildman–Crippen LogP) is 6.64. The van der Waals surface area contributed by atoms with E-state index in [0.29, 0.717) is 26.7 Å². The molecular weight excluding hydrogens is 553 g/mol. The van der Waals surface area contributed by atoms with Crippen LogP contribution in [-0.2, 0) is 6.18 Å². The molecule has 13 heteroatoms. The quantitative estimate of drug-likeness (QED) is 0.211. The van der Waals surface area contributed by atoms with Crippen molar-refractivity contribution < 1.29 is 18.0 Å². The maximum absolute atomic E-state index is 14.4. The van der Waals surface area contributed by atoms with Crippen molar-refractivity contribution in [3.63, 3.8) is 0 Å². The lowest BCUT2D eigenvalue weighted by Crippen LogP contribution is -2.18. The van der Waals surface area contributed by atoms with Crippen LogP contribution in [0.1, 0.15) is 27.4 Å². The zero-order chi connectivity index (χ0) is 28.9. The number of alkyl halides is 3. The number of aryl methyl sites for hydroxylation is 2. The smallest absolute Gasteiger partial charge is 0.382 e. The Morgan fingerprint density at radius 2 is 1.88 bits per heavy atom. The van der Waals surface area contributed by atoms with Gasteiger partial charge >= 0.3 is 6.18 Å². The van der Waals surface area contributed by atoms with Gasteiger partial charge in [0.25, 0.3) is 5.91 Å². The molecule has 0 saturated carbocycles. The zero-order valence-corrected chi connectivity index (χ0v) is 22.4. The van der Waals surface area contributed by atoms with Crippen molar-refractivity contribution in [1.82, 2.24) is 24.5 Å². The summed E-state index contributed by atoms with van der Waals surface area (Å²) in [5, 5.41) is 8.57. The minimum atomic E-state index is -4.70. The van der Waals surface area contributed by atoms with Crippen molar-refractivity contribution >= 4 is 61.4 Å². The van der Waals surface area contributed by atoms with E-state index in [2.05, 4.69) is 30.6 Å². The van der Waals surface area contributed by atoms with Gasteiger partial charge in [-0.05, 0) is 48.9 Å². The highest BCUT2D eigenvalue weighted by molar-refractivity contribution is 7.17. The number of pyridine rings is 1. The number of anilines is 4. The molecule has 6 rings (SSSR count). The number of rotatable bonds is 5. The number of hydrogen-bond donors (Lipinski definition) is 3. The predicted molar refractivity (Wildman–Crippen MR) is 153 cm³/mol. The van der Waals surface area contributed by atoms with Crippen molar-refractivity contribution in [1.29, 1.82) is 0 Å². The summed E-state index contributed by atoms with van der Waals surface area (Å²) >= 11 is 1.36. The van der Waals surface area contributed by atoms with Gasteiger partial charge in [-0.3, -0.25) is 4.79 Å². The second-order valence-electron chi connectivity index (χ2n) is 9.35. The first-order chi connectivity index (χ1) is 19.6. The number of hydrogen-bond acceptors (Lipinski definition) is 8. The molecule has 0 aliphatic heterocycles. The van der Waals surface area contributed by atoms with Crippen LogP contribution < -0.4 is 16.4 Å². The van der Waals surface area contributed by atoms with Crippen LogP contribution in [-0.4, -0.2) is 30.4 Å². The maximum Gasteiger partial charge on any atom is 0.420 e. The van der Waals surface area contributed by atoms with E-state index in [9.17, 15) is 18.0 Å². The molecule has 9 nitrogen and oxygen atoms in total. The average molecular weight is 575 g/mol. The van der Waals surface area contributed by atoms with Gasteiger partial charge in [-0.15, -0.1) is 11.3 Å². The lowest BCUT2D eigenvalue weighted by molar-refractivity contribution is -0.136. The van der Waals surface area contributed by atoms with Gasteiger partial charge in [-0.25, -0.2) is 19.9 Å². The number of amides is 1. The Hall–Kier alpha value is -5.04. The molecule has 0 fully saturated rings. The third kappa shape index (κ3) is 5.02. The van der Waals surface area contributed by atoms with Gasteiger partial charge in [0.15, 0.2) is 0 Å². The largest absolute Gasteiger partial charge is 0.420 e. The molecule has 4 heterocycles. The summed E-state index contributed by atoms with van der Waals surface area (Å²) < 4.78 is 45.2. The molecule has 0 spiro atoms. The Labute approximate surface area is 234 Å². The number of fused-ring (bicyclic) bond motifs is 2. The van der Waals surface area contributed by atoms with Crippen molar-refractivity contribution in [2.75, 3.05) is 16.4 Å². The van der Waals surface area contributed by atoms with Crippen LogP contribution in [0.3, 0.4) is 0 Å². The topological polar surface area (TPSA) is 124 Å². The fraction of sp³-hybridized carbons (Fsp3) is 0.107. The molecule has 0 aliphatic rings. The number of nitrogens with two attached hydrogens (primary N) is 1. The number of thiophene rings is 1. The third-order valence-electron chi connectivity index (χ3n) is 6.33. The van der Waals surface area contributed by atoms with E-state index in [0.717, 1.165) is 5.56 Å². The first kappa shape index (κ1) is 26.2. The number of aromatic nitrogens is 5. The number of carbonyl (C=O) groups is 1. The highest BCUT2D eigenvalue weighted by atomic mass is 32.1. The third-order valence-corrected chi connectivity index (χ3v) is 7.26. The Bertz CT molecular complexity index is 1960. The van der Waals surface area contributed by atoms with Gasteiger partial charge in [0, 0.05) is 11.6 Å². The molecule has 0 saturated heterocycles. The van der Waals surface area contributed by atoms with E-state index in [1.54, 1.807) is 30.5 Å².